The van der Waals surface area contributed by atoms with Crippen molar-refractivity contribution in [1.29, 1.82) is 5.26 Å². The topological polar surface area (TPSA) is 106 Å². The fourth-order valence-electron chi connectivity index (χ4n) is 2.79. The quantitative estimate of drug-likeness (QED) is 0.263. The summed E-state index contributed by atoms with van der Waals surface area (Å²) in [6.45, 7) is 1.89. The van der Waals surface area contributed by atoms with Crippen molar-refractivity contribution in [3.63, 3.8) is 0 Å². The Kier molecular flexibility index (Phi) is 5.56. The number of non-ortho nitro benzene ring substituents is 1. The van der Waals surface area contributed by atoms with E-state index >= 15 is 0 Å². The van der Waals surface area contributed by atoms with Gasteiger partial charge in [0.05, 0.1) is 29.2 Å². The Morgan fingerprint density at radius 2 is 1.83 bits per heavy atom. The number of nitriles is 1. The van der Waals surface area contributed by atoms with Gasteiger partial charge in [-0.25, -0.2) is 4.79 Å². The van der Waals surface area contributed by atoms with E-state index in [-0.39, 0.29) is 5.69 Å². The van der Waals surface area contributed by atoms with E-state index in [1.54, 1.807) is 36.4 Å². The van der Waals surface area contributed by atoms with Gasteiger partial charge in [0.1, 0.15) is 11.5 Å². The van der Waals surface area contributed by atoms with Crippen LogP contribution < -0.4 is 0 Å². The second-order valence-electron chi connectivity index (χ2n) is 6.20. The number of methoxy groups -OCH3 is 1. The highest BCUT2D eigenvalue weighted by atomic mass is 16.6. The van der Waals surface area contributed by atoms with E-state index in [9.17, 15) is 20.2 Å². The van der Waals surface area contributed by atoms with Crippen LogP contribution in [0.4, 0.5) is 5.69 Å². The Hall–Kier alpha value is -4.18. The van der Waals surface area contributed by atoms with Crippen molar-refractivity contribution in [1.82, 2.24) is 0 Å². The predicted molar refractivity (Wildman–Crippen MR) is 107 cm³/mol. The minimum atomic E-state index is -0.497. The molecule has 0 radical (unpaired) electrons. The largest absolute Gasteiger partial charge is 0.465 e. The van der Waals surface area contributed by atoms with Crippen LogP contribution in [0.3, 0.4) is 0 Å². The SMILES string of the molecule is COC(=O)c1ccc(C)c(-c2ccc(/C=C(/C#N)c3ccc([N+](=O)[O-])cc3)o2)c1. The molecule has 144 valence electrons. The molecule has 0 N–H and O–H groups in total. The van der Waals surface area contributed by atoms with Crippen LogP contribution in [-0.4, -0.2) is 18.0 Å². The number of nitro benzene ring substituents is 1. The van der Waals surface area contributed by atoms with Crippen molar-refractivity contribution >= 4 is 23.3 Å². The maximum atomic E-state index is 11.8. The molecule has 0 unspecified atom stereocenters. The van der Waals surface area contributed by atoms with E-state index in [2.05, 4.69) is 6.07 Å². The van der Waals surface area contributed by atoms with Crippen LogP contribution in [-0.2, 0) is 4.74 Å². The van der Waals surface area contributed by atoms with Gasteiger partial charge in [-0.1, -0.05) is 6.07 Å². The number of furan rings is 1. The maximum Gasteiger partial charge on any atom is 0.337 e. The summed E-state index contributed by atoms with van der Waals surface area (Å²) in [5.41, 5.74) is 2.86. The molecule has 1 aromatic heterocycles. The fraction of sp³-hybridized carbons (Fsp3) is 0.0909. The van der Waals surface area contributed by atoms with Gasteiger partial charge < -0.3 is 9.15 Å². The number of nitrogens with zero attached hydrogens (tertiary/aromatic N) is 2. The lowest BCUT2D eigenvalue weighted by molar-refractivity contribution is -0.384. The van der Waals surface area contributed by atoms with Gasteiger partial charge in [-0.05, 0) is 60.5 Å². The molecular weight excluding hydrogens is 372 g/mol. The average Bonchev–Trinajstić information content (AvgIpc) is 3.20. The number of nitro groups is 1. The molecule has 0 atom stereocenters. The Bertz CT molecular complexity index is 1150. The molecule has 3 aromatic rings. The molecule has 0 aliphatic carbocycles. The number of hydrogen-bond donors (Lipinski definition) is 0. The Labute approximate surface area is 166 Å². The zero-order chi connectivity index (χ0) is 21.0. The van der Waals surface area contributed by atoms with Gasteiger partial charge in [-0.2, -0.15) is 5.26 Å². The molecule has 7 heteroatoms. The van der Waals surface area contributed by atoms with Crippen LogP contribution in [0.1, 0.15) is 27.2 Å². The standard InChI is InChI=1S/C22H16N2O5/c1-14-3-4-16(22(25)28-2)12-20(14)21-10-9-19(29-21)11-17(13-23)15-5-7-18(8-6-15)24(26)27/h3-12H,1-2H3/b17-11-. The number of carbonyl (C=O) groups excluding carboxylic acids is 1. The summed E-state index contributed by atoms with van der Waals surface area (Å²) in [6.07, 6.45) is 1.56. The van der Waals surface area contributed by atoms with Gasteiger partial charge in [0, 0.05) is 17.7 Å². The molecule has 0 saturated carbocycles. The van der Waals surface area contributed by atoms with E-state index in [0.29, 0.717) is 28.2 Å². The normalized spacial score (nSPS) is 11.0. The first-order chi connectivity index (χ1) is 13.9. The van der Waals surface area contributed by atoms with Gasteiger partial charge >= 0.3 is 5.97 Å². The highest BCUT2D eigenvalue weighted by Crippen LogP contribution is 2.29. The summed E-state index contributed by atoms with van der Waals surface area (Å²) < 4.78 is 10.6. The van der Waals surface area contributed by atoms with E-state index in [1.165, 1.54) is 31.4 Å². The van der Waals surface area contributed by atoms with Crippen molar-refractivity contribution in [2.24, 2.45) is 0 Å². The van der Waals surface area contributed by atoms with Crippen molar-refractivity contribution < 1.29 is 18.9 Å². The average molecular weight is 388 g/mol. The summed E-state index contributed by atoms with van der Waals surface area (Å²) in [7, 11) is 1.32. The lowest BCUT2D eigenvalue weighted by Gasteiger charge is -2.05. The molecule has 29 heavy (non-hydrogen) atoms. The van der Waals surface area contributed by atoms with E-state index in [0.717, 1.165) is 11.1 Å². The maximum absolute atomic E-state index is 11.8. The molecule has 0 aliphatic rings. The molecular formula is C22H16N2O5. The van der Waals surface area contributed by atoms with Gasteiger partial charge in [-0.3, -0.25) is 10.1 Å². The predicted octanol–water partition coefficient (Wildman–Crippen LogP) is 5.01. The number of ether oxygens (including phenoxy) is 1. The Morgan fingerprint density at radius 3 is 2.45 bits per heavy atom. The van der Waals surface area contributed by atoms with E-state index in [1.807, 2.05) is 6.92 Å². The third kappa shape index (κ3) is 4.22. The number of allylic oxidation sites excluding steroid dienone is 1. The van der Waals surface area contributed by atoms with Crippen LogP contribution in [0.2, 0.25) is 0 Å². The highest BCUT2D eigenvalue weighted by molar-refractivity contribution is 5.91. The molecule has 0 saturated heterocycles. The smallest absolute Gasteiger partial charge is 0.337 e. The zero-order valence-corrected chi connectivity index (χ0v) is 15.7. The summed E-state index contributed by atoms with van der Waals surface area (Å²) in [6, 6.07) is 16.4. The lowest BCUT2D eigenvalue weighted by atomic mass is 10.0. The minimum absolute atomic E-state index is 0.0488. The third-order valence-corrected chi connectivity index (χ3v) is 4.35. The number of hydrogen-bond acceptors (Lipinski definition) is 6. The molecule has 0 spiro atoms. The van der Waals surface area contributed by atoms with Crippen LogP contribution in [0.5, 0.6) is 0 Å². The summed E-state index contributed by atoms with van der Waals surface area (Å²) in [5, 5.41) is 20.2. The minimum Gasteiger partial charge on any atom is -0.465 e. The van der Waals surface area contributed by atoms with Gasteiger partial charge in [0.15, 0.2) is 0 Å². The van der Waals surface area contributed by atoms with Gasteiger partial charge in [0.25, 0.3) is 5.69 Å². The van der Waals surface area contributed by atoms with Crippen LogP contribution in [0, 0.1) is 28.4 Å². The number of rotatable bonds is 5. The summed E-state index contributed by atoms with van der Waals surface area (Å²) in [5.74, 6) is 0.543. The molecule has 2 aromatic carbocycles. The second kappa shape index (κ2) is 8.23. The summed E-state index contributed by atoms with van der Waals surface area (Å²) >= 11 is 0. The third-order valence-electron chi connectivity index (χ3n) is 4.35. The first-order valence-corrected chi connectivity index (χ1v) is 8.58. The van der Waals surface area contributed by atoms with Crippen molar-refractivity contribution in [3.8, 4) is 17.4 Å². The van der Waals surface area contributed by atoms with Crippen molar-refractivity contribution in [2.75, 3.05) is 7.11 Å². The van der Waals surface area contributed by atoms with Crippen LogP contribution in [0.25, 0.3) is 23.0 Å². The number of aryl methyl sites for hydroxylation is 1. The summed E-state index contributed by atoms with van der Waals surface area (Å²) in [4.78, 5) is 22.1. The first kappa shape index (κ1) is 19.6. The first-order valence-electron chi connectivity index (χ1n) is 8.58. The highest BCUT2D eigenvalue weighted by Gasteiger charge is 2.13. The monoisotopic (exact) mass is 388 g/mol. The molecule has 0 aliphatic heterocycles. The number of benzene rings is 2. The van der Waals surface area contributed by atoms with E-state index in [4.69, 9.17) is 9.15 Å². The Balaban J connectivity index is 1.94. The zero-order valence-electron chi connectivity index (χ0n) is 15.7. The van der Waals surface area contributed by atoms with Crippen molar-refractivity contribution in [3.05, 3.63) is 87.2 Å². The van der Waals surface area contributed by atoms with Crippen molar-refractivity contribution in [2.45, 2.75) is 6.92 Å². The van der Waals surface area contributed by atoms with Gasteiger partial charge in [-0.15, -0.1) is 0 Å². The lowest BCUT2D eigenvalue weighted by Crippen LogP contribution is -2.01. The molecule has 7 nitrogen and oxygen atoms in total. The Morgan fingerprint density at radius 1 is 1.14 bits per heavy atom. The molecule has 0 fully saturated rings. The second-order valence-corrected chi connectivity index (χ2v) is 6.20. The molecule has 0 bridgehead atoms. The molecule has 3 rings (SSSR count). The number of carbonyl (C=O) groups is 1. The molecule has 1 heterocycles. The van der Waals surface area contributed by atoms with Crippen LogP contribution >= 0.6 is 0 Å². The number of esters is 1. The fourth-order valence-corrected chi connectivity index (χ4v) is 2.79. The van der Waals surface area contributed by atoms with Gasteiger partial charge in [0.2, 0.25) is 0 Å². The van der Waals surface area contributed by atoms with E-state index < -0.39 is 10.9 Å². The van der Waals surface area contributed by atoms with Crippen LogP contribution in [0.15, 0.2) is 59.0 Å². The molecule has 0 amide bonds.